The number of nitrogens with one attached hydrogen (secondary N) is 1. The first-order valence-corrected chi connectivity index (χ1v) is 8.62. The van der Waals surface area contributed by atoms with Gasteiger partial charge in [0.15, 0.2) is 0 Å². The number of hydrogen-bond acceptors (Lipinski definition) is 4. The second kappa shape index (κ2) is 6.75. The van der Waals surface area contributed by atoms with Crippen molar-refractivity contribution >= 4 is 28.2 Å². The number of pyridine rings is 1. The molecule has 0 radical (unpaired) electrons. The van der Waals surface area contributed by atoms with Gasteiger partial charge in [0, 0.05) is 23.6 Å². The van der Waals surface area contributed by atoms with E-state index in [0.717, 1.165) is 11.5 Å². The lowest BCUT2D eigenvalue weighted by molar-refractivity contribution is -0.385. The minimum Gasteiger partial charge on any atom is -0.324 e. The van der Waals surface area contributed by atoms with Gasteiger partial charge in [-0.1, -0.05) is 18.2 Å². The van der Waals surface area contributed by atoms with E-state index < -0.39 is 10.7 Å². The zero-order chi connectivity index (χ0) is 19.0. The number of hydrogen-bond donors (Lipinski definition) is 1. The van der Waals surface area contributed by atoms with Gasteiger partial charge in [0.05, 0.1) is 22.2 Å². The maximum atomic E-state index is 13.7. The highest BCUT2D eigenvalue weighted by molar-refractivity contribution is 6.01. The number of carbonyl (C=O) groups is 1. The van der Waals surface area contributed by atoms with Crippen LogP contribution in [0.25, 0.3) is 10.9 Å². The smallest absolute Gasteiger partial charge is 0.272 e. The number of nitro benzene ring substituents is 1. The maximum Gasteiger partial charge on any atom is 0.272 e. The molecule has 136 valence electrons. The van der Waals surface area contributed by atoms with E-state index in [1.165, 1.54) is 12.1 Å². The summed E-state index contributed by atoms with van der Waals surface area (Å²) in [5.41, 5.74) is 1.51. The van der Waals surface area contributed by atoms with Gasteiger partial charge >= 0.3 is 0 Å². The van der Waals surface area contributed by atoms with Crippen LogP contribution in [-0.2, 0) is 4.79 Å². The third-order valence-electron chi connectivity index (χ3n) is 5.05. The van der Waals surface area contributed by atoms with E-state index in [-0.39, 0.29) is 23.4 Å². The Morgan fingerprint density at radius 3 is 2.74 bits per heavy atom. The van der Waals surface area contributed by atoms with Crippen LogP contribution in [0.15, 0.2) is 54.7 Å². The van der Waals surface area contributed by atoms with Crippen molar-refractivity contribution in [3.63, 3.8) is 0 Å². The average molecular weight is 365 g/mol. The average Bonchev–Trinajstić information content (AvgIpc) is 2.60. The lowest BCUT2D eigenvalue weighted by atomic mass is 9.69. The molecule has 1 amide bonds. The monoisotopic (exact) mass is 365 g/mol. The molecule has 1 aliphatic carbocycles. The lowest BCUT2D eigenvalue weighted by Crippen LogP contribution is -2.35. The molecule has 2 aromatic carbocycles. The summed E-state index contributed by atoms with van der Waals surface area (Å²) < 4.78 is 13.7. The molecular formula is C20H16FN3O3. The Kier molecular flexibility index (Phi) is 4.27. The van der Waals surface area contributed by atoms with Crippen LogP contribution in [-0.4, -0.2) is 15.8 Å². The number of rotatable bonds is 4. The molecule has 4 rings (SSSR count). The number of carbonyl (C=O) groups excluding carboxylic acids is 1. The molecule has 1 saturated carbocycles. The quantitative estimate of drug-likeness (QED) is 0.548. The van der Waals surface area contributed by atoms with Gasteiger partial charge < -0.3 is 5.32 Å². The van der Waals surface area contributed by atoms with Crippen LogP contribution in [0.1, 0.15) is 24.3 Å². The van der Waals surface area contributed by atoms with Crippen LogP contribution in [0, 0.1) is 21.8 Å². The third kappa shape index (κ3) is 3.23. The summed E-state index contributed by atoms with van der Waals surface area (Å²) in [6.07, 6.45) is 3.00. The van der Waals surface area contributed by atoms with Crippen LogP contribution >= 0.6 is 0 Å². The highest BCUT2D eigenvalue weighted by atomic mass is 19.1. The maximum absolute atomic E-state index is 13.7. The highest BCUT2D eigenvalue weighted by Crippen LogP contribution is 2.44. The van der Waals surface area contributed by atoms with Gasteiger partial charge in [0.2, 0.25) is 5.91 Å². The molecule has 1 fully saturated rings. The van der Waals surface area contributed by atoms with Gasteiger partial charge in [0.1, 0.15) is 5.82 Å². The van der Waals surface area contributed by atoms with Gasteiger partial charge in [-0.2, -0.15) is 0 Å². The zero-order valence-corrected chi connectivity index (χ0v) is 14.3. The van der Waals surface area contributed by atoms with Crippen LogP contribution < -0.4 is 5.32 Å². The lowest BCUT2D eigenvalue weighted by Gasteiger charge is -2.35. The first-order chi connectivity index (χ1) is 13.0. The van der Waals surface area contributed by atoms with Crippen LogP contribution in [0.3, 0.4) is 0 Å². The third-order valence-corrected chi connectivity index (χ3v) is 5.05. The number of aromatic nitrogens is 1. The van der Waals surface area contributed by atoms with E-state index in [1.807, 2.05) is 24.3 Å². The molecule has 1 N–H and O–H groups in total. The van der Waals surface area contributed by atoms with E-state index in [0.29, 0.717) is 29.6 Å². The van der Waals surface area contributed by atoms with Gasteiger partial charge in [-0.25, -0.2) is 4.39 Å². The number of para-hydroxylation sites is 1. The van der Waals surface area contributed by atoms with E-state index in [1.54, 1.807) is 12.3 Å². The van der Waals surface area contributed by atoms with Crippen molar-refractivity contribution in [2.45, 2.75) is 18.8 Å². The molecule has 7 heteroatoms. The molecule has 0 saturated heterocycles. The molecule has 0 bridgehead atoms. The number of benzene rings is 2. The van der Waals surface area contributed by atoms with Crippen LogP contribution in [0.4, 0.5) is 15.8 Å². The summed E-state index contributed by atoms with van der Waals surface area (Å²) >= 11 is 0. The second-order valence-corrected chi connectivity index (χ2v) is 6.66. The number of amides is 1. The van der Waals surface area contributed by atoms with E-state index in [4.69, 9.17) is 0 Å². The normalized spacial score (nSPS) is 18.7. The standard InChI is InChI=1S/C20H16FN3O3/c21-14-9-13(10-15(11-14)24(26)27)16-6-7-17(16)20(25)23-18-5-1-3-12-4-2-8-22-19(12)18/h1-5,8-11,16-17H,6-7H2,(H,23,25)/t16-,17-/m1/s1. The molecule has 0 spiro atoms. The van der Waals surface area contributed by atoms with Crippen molar-refractivity contribution in [1.29, 1.82) is 0 Å². The molecule has 6 nitrogen and oxygen atoms in total. The molecule has 27 heavy (non-hydrogen) atoms. The first kappa shape index (κ1) is 17.1. The fraction of sp³-hybridized carbons (Fsp3) is 0.200. The summed E-state index contributed by atoms with van der Waals surface area (Å²) in [5.74, 6) is -1.44. The summed E-state index contributed by atoms with van der Waals surface area (Å²) in [6, 6.07) is 12.8. The Labute approximate surface area is 154 Å². The molecule has 0 unspecified atom stereocenters. The fourth-order valence-corrected chi connectivity index (χ4v) is 3.56. The predicted octanol–water partition coefficient (Wildman–Crippen LogP) is 4.41. The predicted molar refractivity (Wildman–Crippen MR) is 98.9 cm³/mol. The van der Waals surface area contributed by atoms with Crippen LogP contribution in [0.5, 0.6) is 0 Å². The SMILES string of the molecule is O=C(Nc1cccc2cccnc12)[C@@H]1CC[C@@H]1c1cc(F)cc([N+](=O)[O-])c1. The molecular weight excluding hydrogens is 349 g/mol. The number of nitrogens with zero attached hydrogens (tertiary/aromatic N) is 2. The van der Waals surface area contributed by atoms with Gasteiger partial charge in [0.25, 0.3) is 5.69 Å². The Bertz CT molecular complexity index is 1050. The van der Waals surface area contributed by atoms with Crippen LogP contribution in [0.2, 0.25) is 0 Å². The second-order valence-electron chi connectivity index (χ2n) is 6.66. The number of nitro groups is 1. The van der Waals surface area contributed by atoms with Crippen molar-refractivity contribution in [3.05, 3.63) is 76.2 Å². The minimum absolute atomic E-state index is 0.184. The molecule has 1 heterocycles. The number of non-ortho nitro benzene ring substituents is 1. The van der Waals surface area contributed by atoms with Crippen molar-refractivity contribution in [2.75, 3.05) is 5.32 Å². The number of anilines is 1. The number of fused-ring (bicyclic) bond motifs is 1. The largest absolute Gasteiger partial charge is 0.324 e. The number of halogens is 1. The van der Waals surface area contributed by atoms with Gasteiger partial charge in [-0.15, -0.1) is 0 Å². The van der Waals surface area contributed by atoms with Crippen molar-refractivity contribution in [3.8, 4) is 0 Å². The van der Waals surface area contributed by atoms with E-state index in [9.17, 15) is 19.3 Å². The molecule has 0 aliphatic heterocycles. The van der Waals surface area contributed by atoms with E-state index >= 15 is 0 Å². The Balaban J connectivity index is 1.57. The molecule has 2 atom stereocenters. The summed E-state index contributed by atoms with van der Waals surface area (Å²) in [7, 11) is 0. The Morgan fingerprint density at radius 2 is 2.00 bits per heavy atom. The Hall–Kier alpha value is -3.35. The molecule has 1 aromatic heterocycles. The molecule has 3 aromatic rings. The fourth-order valence-electron chi connectivity index (χ4n) is 3.56. The van der Waals surface area contributed by atoms with Gasteiger partial charge in [-0.05, 0) is 42.5 Å². The summed E-state index contributed by atoms with van der Waals surface area (Å²) in [6.45, 7) is 0. The van der Waals surface area contributed by atoms with Crippen molar-refractivity contribution in [2.24, 2.45) is 5.92 Å². The topological polar surface area (TPSA) is 85.1 Å². The van der Waals surface area contributed by atoms with Crippen molar-refractivity contribution in [1.82, 2.24) is 4.98 Å². The Morgan fingerprint density at radius 1 is 1.19 bits per heavy atom. The van der Waals surface area contributed by atoms with Crippen molar-refractivity contribution < 1.29 is 14.1 Å². The zero-order valence-electron chi connectivity index (χ0n) is 14.3. The molecule has 1 aliphatic rings. The highest BCUT2D eigenvalue weighted by Gasteiger charge is 2.38. The summed E-state index contributed by atoms with van der Waals surface area (Å²) in [4.78, 5) is 27.4. The minimum atomic E-state index is -0.663. The van der Waals surface area contributed by atoms with Gasteiger partial charge in [-0.3, -0.25) is 19.9 Å². The van der Waals surface area contributed by atoms with E-state index in [2.05, 4.69) is 10.3 Å². The summed E-state index contributed by atoms with van der Waals surface area (Å²) in [5, 5.41) is 14.8. The first-order valence-electron chi connectivity index (χ1n) is 8.62.